The molecule has 0 atom stereocenters. The van der Waals surface area contributed by atoms with Crippen LogP contribution in [0.25, 0.3) is 0 Å². The van der Waals surface area contributed by atoms with Gasteiger partial charge in [0.1, 0.15) is 5.82 Å². The third-order valence-corrected chi connectivity index (χ3v) is 6.75. The van der Waals surface area contributed by atoms with E-state index in [0.29, 0.717) is 19.1 Å². The van der Waals surface area contributed by atoms with Gasteiger partial charge < -0.3 is 15.1 Å². The van der Waals surface area contributed by atoms with Crippen LogP contribution in [0.15, 0.2) is 35.2 Å². The van der Waals surface area contributed by atoms with E-state index in [0.717, 1.165) is 36.1 Å². The lowest BCUT2D eigenvalue weighted by Gasteiger charge is -2.35. The Morgan fingerprint density at radius 2 is 1.73 bits per heavy atom. The highest BCUT2D eigenvalue weighted by molar-refractivity contribution is 7.98. The summed E-state index contributed by atoms with van der Waals surface area (Å²) in [6.07, 6.45) is 8.35. The van der Waals surface area contributed by atoms with Gasteiger partial charge in [-0.05, 0) is 50.3 Å². The van der Waals surface area contributed by atoms with Crippen LogP contribution < -0.4 is 10.2 Å². The second-order valence-corrected chi connectivity index (χ2v) is 9.06. The zero-order chi connectivity index (χ0) is 20.9. The predicted molar refractivity (Wildman–Crippen MR) is 124 cm³/mol. The fourth-order valence-electron chi connectivity index (χ4n) is 4.26. The smallest absolute Gasteiger partial charge is 0.253 e. The Bertz CT molecular complexity index is 858. The second kappa shape index (κ2) is 9.69. The number of hydrogen-bond acceptors (Lipinski definition) is 6. The molecule has 4 rings (SSSR count). The largest absolute Gasteiger partial charge is 0.353 e. The minimum Gasteiger partial charge on any atom is -0.353 e. The Hall–Kier alpha value is -2.28. The molecule has 0 radical (unpaired) electrons. The van der Waals surface area contributed by atoms with Crippen molar-refractivity contribution in [2.24, 2.45) is 0 Å². The van der Waals surface area contributed by atoms with Gasteiger partial charge in [0.05, 0.1) is 0 Å². The number of hydrogen-bond donors (Lipinski definition) is 1. The summed E-state index contributed by atoms with van der Waals surface area (Å²) in [5.74, 6) is 1.81. The molecule has 1 aromatic carbocycles. The zero-order valence-corrected chi connectivity index (χ0v) is 18.7. The van der Waals surface area contributed by atoms with E-state index in [9.17, 15) is 4.79 Å². The van der Waals surface area contributed by atoms with Crippen LogP contribution in [0.5, 0.6) is 0 Å². The number of carbonyl (C=O) groups excluding carboxylic acids is 1. The SMILES string of the molecule is CSc1ccc(C(=O)N2CCN(c3cc(C)nc(NC4CCCCC4)n3)CC2)cc1. The Kier molecular flexibility index (Phi) is 6.77. The molecule has 0 spiro atoms. The van der Waals surface area contributed by atoms with Crippen molar-refractivity contribution in [3.63, 3.8) is 0 Å². The van der Waals surface area contributed by atoms with Gasteiger partial charge in [-0.2, -0.15) is 4.98 Å². The van der Waals surface area contributed by atoms with Gasteiger partial charge in [0.15, 0.2) is 0 Å². The first-order valence-electron chi connectivity index (χ1n) is 10.9. The molecule has 1 N–H and O–H groups in total. The van der Waals surface area contributed by atoms with Crippen LogP contribution in [-0.2, 0) is 0 Å². The quantitative estimate of drug-likeness (QED) is 0.724. The third kappa shape index (κ3) is 5.06. The van der Waals surface area contributed by atoms with E-state index in [4.69, 9.17) is 4.98 Å². The minimum absolute atomic E-state index is 0.112. The topological polar surface area (TPSA) is 61.4 Å². The van der Waals surface area contributed by atoms with Crippen LogP contribution >= 0.6 is 11.8 Å². The van der Waals surface area contributed by atoms with Gasteiger partial charge in [0.2, 0.25) is 5.95 Å². The molecular formula is C23H31N5OS. The van der Waals surface area contributed by atoms with Crippen molar-refractivity contribution < 1.29 is 4.79 Å². The first-order chi connectivity index (χ1) is 14.6. The van der Waals surface area contributed by atoms with E-state index in [1.807, 2.05) is 48.4 Å². The number of piperazine rings is 1. The summed E-state index contributed by atoms with van der Waals surface area (Å²) in [6, 6.07) is 10.4. The molecule has 160 valence electrons. The van der Waals surface area contributed by atoms with Gasteiger partial charge in [-0.3, -0.25) is 4.79 Å². The molecular weight excluding hydrogens is 394 g/mol. The van der Waals surface area contributed by atoms with Crippen LogP contribution in [0.3, 0.4) is 0 Å². The van der Waals surface area contributed by atoms with E-state index in [2.05, 4.69) is 15.2 Å². The molecule has 30 heavy (non-hydrogen) atoms. The normalized spacial score (nSPS) is 17.8. The molecule has 2 fully saturated rings. The Morgan fingerprint density at radius 1 is 1.03 bits per heavy atom. The molecule has 1 amide bonds. The van der Waals surface area contributed by atoms with Crippen LogP contribution in [-0.4, -0.2) is 59.3 Å². The van der Waals surface area contributed by atoms with Crippen molar-refractivity contribution in [2.45, 2.75) is 50.0 Å². The first kappa shape index (κ1) is 21.0. The highest BCUT2D eigenvalue weighted by Crippen LogP contribution is 2.23. The number of nitrogens with one attached hydrogen (secondary N) is 1. The number of carbonyl (C=O) groups is 1. The number of aromatic nitrogens is 2. The molecule has 1 aliphatic carbocycles. The van der Waals surface area contributed by atoms with Crippen molar-refractivity contribution in [3.05, 3.63) is 41.6 Å². The molecule has 1 aliphatic heterocycles. The standard InChI is InChI=1S/C23H31N5OS/c1-17-16-21(26-23(24-17)25-19-6-4-3-5-7-19)27-12-14-28(15-13-27)22(29)18-8-10-20(30-2)11-9-18/h8-11,16,19H,3-7,12-15H2,1-2H3,(H,24,25,26). The summed E-state index contributed by atoms with van der Waals surface area (Å²) in [7, 11) is 0. The molecule has 2 aliphatic rings. The van der Waals surface area contributed by atoms with E-state index in [-0.39, 0.29) is 5.91 Å². The van der Waals surface area contributed by atoms with Gasteiger partial charge >= 0.3 is 0 Å². The average molecular weight is 426 g/mol. The molecule has 2 aromatic rings. The van der Waals surface area contributed by atoms with Crippen molar-refractivity contribution >= 4 is 29.4 Å². The van der Waals surface area contributed by atoms with Crippen molar-refractivity contribution in [3.8, 4) is 0 Å². The number of amides is 1. The number of anilines is 2. The maximum atomic E-state index is 12.8. The second-order valence-electron chi connectivity index (χ2n) is 8.18. The van der Waals surface area contributed by atoms with Gasteiger partial charge in [-0.25, -0.2) is 4.98 Å². The lowest BCUT2D eigenvalue weighted by molar-refractivity contribution is 0.0746. The van der Waals surface area contributed by atoms with Gasteiger partial charge in [0, 0.05) is 54.4 Å². The summed E-state index contributed by atoms with van der Waals surface area (Å²) in [5, 5.41) is 3.54. The van der Waals surface area contributed by atoms with Crippen molar-refractivity contribution in [2.75, 3.05) is 42.7 Å². The number of benzene rings is 1. The maximum Gasteiger partial charge on any atom is 0.253 e. The molecule has 2 heterocycles. The first-order valence-corrected chi connectivity index (χ1v) is 12.2. The van der Waals surface area contributed by atoms with E-state index >= 15 is 0 Å². The van der Waals surface area contributed by atoms with Crippen molar-refractivity contribution in [1.29, 1.82) is 0 Å². The molecule has 0 bridgehead atoms. The Morgan fingerprint density at radius 3 is 2.40 bits per heavy atom. The van der Waals surface area contributed by atoms with Gasteiger partial charge in [0.25, 0.3) is 5.91 Å². The average Bonchev–Trinajstić information content (AvgIpc) is 2.79. The highest BCUT2D eigenvalue weighted by Gasteiger charge is 2.24. The monoisotopic (exact) mass is 425 g/mol. The van der Waals surface area contributed by atoms with Crippen LogP contribution in [0.4, 0.5) is 11.8 Å². The van der Waals surface area contributed by atoms with E-state index in [1.165, 1.54) is 37.0 Å². The third-order valence-electron chi connectivity index (χ3n) is 6.01. The van der Waals surface area contributed by atoms with Crippen LogP contribution in [0, 0.1) is 6.92 Å². The fraction of sp³-hybridized carbons (Fsp3) is 0.522. The fourth-order valence-corrected chi connectivity index (χ4v) is 4.67. The number of nitrogens with zero attached hydrogens (tertiary/aromatic N) is 4. The lowest BCUT2D eigenvalue weighted by Crippen LogP contribution is -2.49. The zero-order valence-electron chi connectivity index (χ0n) is 17.9. The highest BCUT2D eigenvalue weighted by atomic mass is 32.2. The molecule has 1 saturated heterocycles. The van der Waals surface area contributed by atoms with Crippen LogP contribution in [0.1, 0.15) is 48.2 Å². The van der Waals surface area contributed by atoms with Gasteiger partial charge in [-0.1, -0.05) is 19.3 Å². The molecule has 0 unspecified atom stereocenters. The number of thioether (sulfide) groups is 1. The number of aryl methyl sites for hydroxylation is 1. The van der Waals surface area contributed by atoms with Gasteiger partial charge in [-0.15, -0.1) is 11.8 Å². The summed E-state index contributed by atoms with van der Waals surface area (Å²) < 4.78 is 0. The molecule has 1 saturated carbocycles. The maximum absolute atomic E-state index is 12.8. The molecule has 7 heteroatoms. The predicted octanol–water partition coefficient (Wildman–Crippen LogP) is 4.21. The van der Waals surface area contributed by atoms with E-state index in [1.54, 1.807) is 11.8 Å². The van der Waals surface area contributed by atoms with Crippen molar-refractivity contribution in [1.82, 2.24) is 14.9 Å². The molecule has 1 aromatic heterocycles. The lowest BCUT2D eigenvalue weighted by atomic mass is 9.96. The summed E-state index contributed by atoms with van der Waals surface area (Å²) in [5.41, 5.74) is 1.74. The summed E-state index contributed by atoms with van der Waals surface area (Å²) >= 11 is 1.69. The minimum atomic E-state index is 0.112. The number of rotatable bonds is 5. The summed E-state index contributed by atoms with van der Waals surface area (Å²) in [6.45, 7) is 5.01. The summed E-state index contributed by atoms with van der Waals surface area (Å²) in [4.78, 5) is 27.6. The Balaban J connectivity index is 1.37. The van der Waals surface area contributed by atoms with E-state index < -0.39 is 0 Å². The Labute approximate surface area is 183 Å². The van der Waals surface area contributed by atoms with Crippen LogP contribution in [0.2, 0.25) is 0 Å². The molecule has 6 nitrogen and oxygen atoms in total.